The van der Waals surface area contributed by atoms with Crippen molar-refractivity contribution in [3.05, 3.63) is 36.0 Å². The van der Waals surface area contributed by atoms with Gasteiger partial charge in [0.1, 0.15) is 6.10 Å². The van der Waals surface area contributed by atoms with Crippen LogP contribution >= 0.6 is 0 Å². The maximum atomic E-state index is 11.5. The van der Waals surface area contributed by atoms with Crippen molar-refractivity contribution in [2.75, 3.05) is 0 Å². The Morgan fingerprint density at radius 1 is 1.38 bits per heavy atom. The molecule has 1 aliphatic carbocycles. The van der Waals surface area contributed by atoms with E-state index in [-0.39, 0.29) is 18.0 Å². The Balaban J connectivity index is 2.21. The zero-order valence-corrected chi connectivity index (χ0v) is 9.74. The molecule has 2 atom stereocenters. The van der Waals surface area contributed by atoms with Crippen molar-refractivity contribution in [3.8, 4) is 0 Å². The largest absolute Gasteiger partial charge is 0.454 e. The van der Waals surface area contributed by atoms with Crippen molar-refractivity contribution in [1.82, 2.24) is 0 Å². The highest BCUT2D eigenvalue weighted by atomic mass is 16.5. The average Bonchev–Trinajstić information content (AvgIpc) is 2.50. The number of rotatable bonds is 0. The van der Waals surface area contributed by atoms with E-state index in [1.807, 2.05) is 0 Å². The number of hydrogen-bond donors (Lipinski definition) is 0. The van der Waals surface area contributed by atoms with Crippen molar-refractivity contribution in [3.63, 3.8) is 0 Å². The molecular formula is C14H18O2. The number of ether oxygens (including phenoxy) is 1. The molecule has 0 spiro atoms. The van der Waals surface area contributed by atoms with E-state index in [9.17, 15) is 4.79 Å². The quantitative estimate of drug-likeness (QED) is 0.354. The first-order chi connectivity index (χ1) is 7.68. The number of hydrogen-bond acceptors (Lipinski definition) is 2. The summed E-state index contributed by atoms with van der Waals surface area (Å²) in [5.41, 5.74) is 1.94. The summed E-state index contributed by atoms with van der Waals surface area (Å²) in [5.74, 6) is -0.0486. The summed E-state index contributed by atoms with van der Waals surface area (Å²) < 4.78 is 5.34. The molecule has 2 heteroatoms. The molecule has 0 aromatic carbocycles. The van der Waals surface area contributed by atoms with Crippen LogP contribution in [0.1, 0.15) is 32.6 Å². The molecule has 2 aliphatic rings. The molecule has 0 aromatic rings. The van der Waals surface area contributed by atoms with Crippen LogP contribution in [0.5, 0.6) is 0 Å². The summed E-state index contributed by atoms with van der Waals surface area (Å²) in [6.45, 7) is 5.94. The molecule has 1 saturated heterocycles. The zero-order chi connectivity index (χ0) is 11.5. The predicted molar refractivity (Wildman–Crippen MR) is 63.9 cm³/mol. The molecule has 1 aliphatic heterocycles. The molecule has 0 aromatic heterocycles. The van der Waals surface area contributed by atoms with Crippen LogP contribution in [0.25, 0.3) is 0 Å². The van der Waals surface area contributed by atoms with Gasteiger partial charge in [-0.2, -0.15) is 0 Å². The standard InChI is InChI=1S/C14H18O2/c1-10-7-5-3-4-6-8-12-11(2)14(15)16-13(12)9-10/h3-4,9,12-13H,2,5-8H2,1H3. The molecule has 16 heavy (non-hydrogen) atoms. The fourth-order valence-electron chi connectivity index (χ4n) is 2.31. The van der Waals surface area contributed by atoms with E-state index in [1.54, 1.807) is 0 Å². The molecular weight excluding hydrogens is 200 g/mol. The Bertz CT molecular complexity index is 363. The summed E-state index contributed by atoms with van der Waals surface area (Å²) in [6, 6.07) is 0. The Morgan fingerprint density at radius 3 is 2.94 bits per heavy atom. The highest BCUT2D eigenvalue weighted by molar-refractivity contribution is 5.91. The minimum atomic E-state index is -0.220. The SMILES string of the molecule is C=C1C(=O)OC2C=C(C)CCC=CCCC12. The third-order valence-corrected chi connectivity index (χ3v) is 3.31. The van der Waals surface area contributed by atoms with Gasteiger partial charge in [-0.25, -0.2) is 4.79 Å². The second kappa shape index (κ2) is 4.69. The highest BCUT2D eigenvalue weighted by Gasteiger charge is 2.36. The molecule has 0 amide bonds. The van der Waals surface area contributed by atoms with Crippen LogP contribution in [0.3, 0.4) is 0 Å². The van der Waals surface area contributed by atoms with Gasteiger partial charge >= 0.3 is 5.97 Å². The van der Waals surface area contributed by atoms with Crippen LogP contribution in [-0.4, -0.2) is 12.1 Å². The van der Waals surface area contributed by atoms with E-state index in [2.05, 4.69) is 31.7 Å². The van der Waals surface area contributed by atoms with E-state index >= 15 is 0 Å². The lowest BCUT2D eigenvalue weighted by molar-refractivity contribution is -0.137. The van der Waals surface area contributed by atoms with Gasteiger partial charge in [0.2, 0.25) is 0 Å². The fraction of sp³-hybridized carbons (Fsp3) is 0.500. The Kier molecular flexibility index (Phi) is 3.28. The molecule has 2 rings (SSSR count). The van der Waals surface area contributed by atoms with Crippen molar-refractivity contribution < 1.29 is 9.53 Å². The smallest absolute Gasteiger partial charge is 0.334 e. The first kappa shape index (κ1) is 11.2. The summed E-state index contributed by atoms with van der Waals surface area (Å²) >= 11 is 0. The van der Waals surface area contributed by atoms with Crippen LogP contribution in [0, 0.1) is 5.92 Å². The van der Waals surface area contributed by atoms with Crippen molar-refractivity contribution >= 4 is 5.97 Å². The summed E-state index contributed by atoms with van der Waals surface area (Å²) in [4.78, 5) is 11.5. The van der Waals surface area contributed by atoms with Crippen molar-refractivity contribution in [2.24, 2.45) is 5.92 Å². The third-order valence-electron chi connectivity index (χ3n) is 3.31. The second-order valence-corrected chi connectivity index (χ2v) is 4.60. The first-order valence-electron chi connectivity index (χ1n) is 5.90. The molecule has 1 fully saturated rings. The van der Waals surface area contributed by atoms with Gasteiger partial charge in [0.05, 0.1) is 0 Å². The number of esters is 1. The van der Waals surface area contributed by atoms with E-state index in [4.69, 9.17) is 4.74 Å². The minimum absolute atomic E-state index is 0.0773. The Hall–Kier alpha value is -1.31. The molecule has 0 saturated carbocycles. The van der Waals surface area contributed by atoms with Gasteiger partial charge in [-0.3, -0.25) is 0 Å². The molecule has 0 bridgehead atoms. The summed E-state index contributed by atoms with van der Waals surface area (Å²) in [6.07, 6.45) is 10.5. The monoisotopic (exact) mass is 218 g/mol. The third kappa shape index (κ3) is 2.26. The molecule has 86 valence electrons. The average molecular weight is 218 g/mol. The van der Waals surface area contributed by atoms with Crippen LogP contribution in [0.2, 0.25) is 0 Å². The van der Waals surface area contributed by atoms with E-state index < -0.39 is 0 Å². The van der Waals surface area contributed by atoms with Crippen molar-refractivity contribution in [2.45, 2.75) is 38.7 Å². The Labute approximate surface area is 96.7 Å². The van der Waals surface area contributed by atoms with E-state index in [0.29, 0.717) is 5.57 Å². The van der Waals surface area contributed by atoms with Crippen LogP contribution in [0.15, 0.2) is 36.0 Å². The summed E-state index contributed by atoms with van der Waals surface area (Å²) in [7, 11) is 0. The van der Waals surface area contributed by atoms with Gasteiger partial charge in [0.15, 0.2) is 0 Å². The van der Waals surface area contributed by atoms with E-state index in [0.717, 1.165) is 25.7 Å². The number of fused-ring (bicyclic) bond motifs is 1. The van der Waals surface area contributed by atoms with Gasteiger partial charge < -0.3 is 4.74 Å². The fourth-order valence-corrected chi connectivity index (χ4v) is 2.31. The summed E-state index contributed by atoms with van der Waals surface area (Å²) in [5, 5.41) is 0. The van der Waals surface area contributed by atoms with Gasteiger partial charge in [0, 0.05) is 11.5 Å². The highest BCUT2D eigenvalue weighted by Crippen LogP contribution is 2.32. The van der Waals surface area contributed by atoms with Crippen LogP contribution in [-0.2, 0) is 9.53 Å². The lowest BCUT2D eigenvalue weighted by atomic mass is 9.90. The van der Waals surface area contributed by atoms with Crippen molar-refractivity contribution in [1.29, 1.82) is 0 Å². The van der Waals surface area contributed by atoms with Gasteiger partial charge in [-0.1, -0.05) is 24.3 Å². The van der Waals surface area contributed by atoms with Gasteiger partial charge in [-0.15, -0.1) is 0 Å². The van der Waals surface area contributed by atoms with Gasteiger partial charge in [0.25, 0.3) is 0 Å². The first-order valence-corrected chi connectivity index (χ1v) is 5.90. The minimum Gasteiger partial charge on any atom is -0.454 e. The lowest BCUT2D eigenvalue weighted by Gasteiger charge is -2.15. The molecule has 0 N–H and O–H groups in total. The van der Waals surface area contributed by atoms with Crippen LogP contribution < -0.4 is 0 Å². The normalized spacial score (nSPS) is 30.7. The lowest BCUT2D eigenvalue weighted by Crippen LogP contribution is -2.14. The Morgan fingerprint density at radius 2 is 2.12 bits per heavy atom. The maximum Gasteiger partial charge on any atom is 0.334 e. The van der Waals surface area contributed by atoms with Gasteiger partial charge in [-0.05, 0) is 38.7 Å². The second-order valence-electron chi connectivity index (χ2n) is 4.60. The molecule has 2 nitrogen and oxygen atoms in total. The number of carbonyl (C=O) groups is 1. The molecule has 1 heterocycles. The number of carbonyl (C=O) groups excluding carboxylic acids is 1. The molecule has 2 unspecified atom stereocenters. The predicted octanol–water partition coefficient (Wildman–Crippen LogP) is 3.16. The van der Waals surface area contributed by atoms with E-state index in [1.165, 1.54) is 5.57 Å². The topological polar surface area (TPSA) is 26.3 Å². The zero-order valence-electron chi connectivity index (χ0n) is 9.74. The number of allylic oxidation sites excluding steroid dienone is 3. The van der Waals surface area contributed by atoms with Crippen LogP contribution in [0.4, 0.5) is 0 Å². The maximum absolute atomic E-state index is 11.5. The molecule has 0 radical (unpaired) electrons.